The molecule has 1 N–H and O–H groups in total. The molecule has 0 aliphatic heterocycles. The molecule has 15 rings (SSSR count). The molecule has 0 fully saturated rings. The molecule has 18 nitrogen and oxygen atoms in total. The number of para-hydroxylation sites is 3. The van der Waals surface area contributed by atoms with E-state index in [1.165, 1.54) is 0 Å². The summed E-state index contributed by atoms with van der Waals surface area (Å²) < 4.78 is 9.23. The van der Waals surface area contributed by atoms with Gasteiger partial charge < -0.3 is 14.1 Å². The van der Waals surface area contributed by atoms with E-state index in [2.05, 4.69) is 64.0 Å². The van der Waals surface area contributed by atoms with E-state index in [1.54, 1.807) is 64.4 Å². The molecule has 0 radical (unpaired) electrons. The second-order valence-corrected chi connectivity index (χ2v) is 20.2. The first-order valence-corrected chi connectivity index (χ1v) is 27.5. The highest BCUT2D eigenvalue weighted by atomic mass is 16.1. The fourth-order valence-electron chi connectivity index (χ4n) is 10.5. The Balaban J connectivity index is 0.000000119. The molecule has 12 aromatic heterocycles. The lowest BCUT2D eigenvalue weighted by Crippen LogP contribution is -2.21. The first kappa shape index (κ1) is 52.7. The van der Waals surface area contributed by atoms with Gasteiger partial charge in [-0.1, -0.05) is 67.6 Å². The zero-order chi connectivity index (χ0) is 58.0. The summed E-state index contributed by atoms with van der Waals surface area (Å²) in [6.45, 7) is 8.29. The van der Waals surface area contributed by atoms with E-state index < -0.39 is 0 Å². The lowest BCUT2D eigenvalue weighted by atomic mass is 10.1. The maximum Gasteiger partial charge on any atom is 0.251 e. The molecule has 0 saturated carbocycles. The van der Waals surface area contributed by atoms with Crippen molar-refractivity contribution in [2.75, 3.05) is 0 Å². The van der Waals surface area contributed by atoms with Crippen molar-refractivity contribution < 1.29 is 0 Å². The van der Waals surface area contributed by atoms with Crippen LogP contribution >= 0.6 is 0 Å². The molecular formula is C67H51N15O3. The largest absolute Gasteiger partial charge is 0.329 e. The first-order valence-electron chi connectivity index (χ1n) is 27.5. The van der Waals surface area contributed by atoms with Crippen LogP contribution < -0.4 is 16.7 Å². The fraction of sp³-hybridized carbons (Fsp3) is 0.0746. The number of rotatable bonds is 10. The molecule has 0 bridgehead atoms. The molecule has 18 heteroatoms. The number of hydrogen-bond acceptors (Lipinski definition) is 12. The van der Waals surface area contributed by atoms with Crippen molar-refractivity contribution in [3.63, 3.8) is 0 Å². The van der Waals surface area contributed by atoms with Crippen LogP contribution in [0.4, 0.5) is 0 Å². The molecular weight excluding hydrogens is 1060 g/mol. The van der Waals surface area contributed by atoms with Gasteiger partial charge >= 0.3 is 0 Å². The van der Waals surface area contributed by atoms with Crippen molar-refractivity contribution >= 4 is 49.7 Å². The van der Waals surface area contributed by atoms with Crippen LogP contribution in [0.2, 0.25) is 0 Å². The van der Waals surface area contributed by atoms with Crippen molar-refractivity contribution in [3.8, 4) is 67.5 Å². The third kappa shape index (κ3) is 10.3. The molecule has 15 aromatic rings. The van der Waals surface area contributed by atoms with Gasteiger partial charge in [0, 0.05) is 119 Å². The highest BCUT2D eigenvalue weighted by Gasteiger charge is 2.17. The summed E-state index contributed by atoms with van der Waals surface area (Å²) in [5.41, 5.74) is 13.0. The van der Waals surface area contributed by atoms with Gasteiger partial charge in [-0.25, -0.2) is 0 Å². The SMILES string of the molecule is C=CCn1ccc(-c2ccn3c(-c4ccnc5ccccc45)nnc3c2)cc1=O.CCC(C)n1ccc(-c2ccn3c(-c4ccnc5ccccc45)nnc3c2)cc1=O.O=c1cc(-c2ccn3c(-c4ccnc5ccccc45)nnc3c2)cc[nH]1. The van der Waals surface area contributed by atoms with Gasteiger partial charge in [-0.05, 0) is 138 Å². The van der Waals surface area contributed by atoms with Gasteiger partial charge in [-0.2, -0.15) is 0 Å². The standard InChI is InChI=1S/C24H21N5O.C23H17N5O.C20H13N5O/c1-3-16(2)28-12-9-18(15-23(28)30)17-10-13-29-22(14-17)26-27-24(29)20-8-11-25-21-7-5-4-6-19(20)21;1-2-11-27-12-8-17(15-22(27)29)16-9-13-28-21(14-16)25-26-23(28)19-7-10-24-20-6-4-3-5-18(19)20;26-19-12-13(5-8-22-19)14-7-10-25-18(11-14)23-24-20(25)16-6-9-21-17-4-2-1-3-15(16)17/h4-16H,3H2,1-2H3;2-10,12-15H,1,11H2;1-12H,(H,22,26). The van der Waals surface area contributed by atoms with Gasteiger partial charge in [0.2, 0.25) is 5.56 Å². The number of H-pyrrole nitrogens is 1. The first-order chi connectivity index (χ1) is 41.7. The molecule has 0 aliphatic carbocycles. The second kappa shape index (κ2) is 22.7. The molecule has 0 aliphatic rings. The summed E-state index contributed by atoms with van der Waals surface area (Å²) in [4.78, 5) is 52.2. The van der Waals surface area contributed by atoms with E-state index in [1.807, 2.05) is 191 Å². The minimum Gasteiger partial charge on any atom is -0.329 e. The van der Waals surface area contributed by atoms with Crippen molar-refractivity contribution in [1.82, 2.24) is 72.9 Å². The van der Waals surface area contributed by atoms with E-state index in [9.17, 15) is 14.4 Å². The number of aromatic amines is 1. The van der Waals surface area contributed by atoms with Crippen LogP contribution in [0.15, 0.2) is 247 Å². The summed E-state index contributed by atoms with van der Waals surface area (Å²) in [6, 6.07) is 52.4. The Labute approximate surface area is 484 Å². The quantitative estimate of drug-likeness (QED) is 0.127. The Hall–Kier alpha value is -11.7. The average Bonchev–Trinajstić information content (AvgIpc) is 4.47. The summed E-state index contributed by atoms with van der Waals surface area (Å²) in [5.74, 6) is 2.28. The van der Waals surface area contributed by atoms with Crippen molar-refractivity contribution in [2.45, 2.75) is 32.9 Å². The van der Waals surface area contributed by atoms with Crippen molar-refractivity contribution in [1.29, 1.82) is 0 Å². The zero-order valence-electron chi connectivity index (χ0n) is 46.0. The lowest BCUT2D eigenvalue weighted by Gasteiger charge is -2.13. The summed E-state index contributed by atoms with van der Waals surface area (Å²) in [6.07, 6.45) is 19.1. The Morgan fingerprint density at radius 1 is 0.459 bits per heavy atom. The van der Waals surface area contributed by atoms with E-state index in [-0.39, 0.29) is 22.7 Å². The predicted octanol–water partition coefficient (Wildman–Crippen LogP) is 12.0. The van der Waals surface area contributed by atoms with Gasteiger partial charge in [-0.3, -0.25) is 42.5 Å². The third-order valence-corrected chi connectivity index (χ3v) is 15.0. The number of hydrogen-bond donors (Lipinski definition) is 1. The van der Waals surface area contributed by atoms with Crippen molar-refractivity contribution in [2.24, 2.45) is 0 Å². The van der Waals surface area contributed by atoms with Crippen molar-refractivity contribution in [3.05, 3.63) is 263 Å². The minimum atomic E-state index is -0.132. The molecule has 85 heavy (non-hydrogen) atoms. The molecule has 0 spiro atoms. The number of allylic oxidation sites excluding steroid dienone is 1. The maximum absolute atomic E-state index is 12.5. The molecule has 1 atom stereocenters. The predicted molar refractivity (Wildman–Crippen MR) is 332 cm³/mol. The van der Waals surface area contributed by atoms with Gasteiger partial charge in [0.15, 0.2) is 34.4 Å². The molecule has 412 valence electrons. The van der Waals surface area contributed by atoms with Gasteiger partial charge in [-0.15, -0.1) is 37.2 Å². The highest BCUT2D eigenvalue weighted by molar-refractivity contribution is 5.95. The number of nitrogens with zero attached hydrogens (tertiary/aromatic N) is 14. The van der Waals surface area contributed by atoms with Crippen LogP contribution in [0.1, 0.15) is 26.3 Å². The Morgan fingerprint density at radius 2 is 0.859 bits per heavy atom. The zero-order valence-corrected chi connectivity index (χ0v) is 46.0. The van der Waals surface area contributed by atoms with Crippen LogP contribution in [0.5, 0.6) is 0 Å². The average molecular weight is 1110 g/mol. The fourth-order valence-corrected chi connectivity index (χ4v) is 10.5. The lowest BCUT2D eigenvalue weighted by molar-refractivity contribution is 0.514. The van der Waals surface area contributed by atoms with Crippen LogP contribution in [0.25, 0.3) is 117 Å². The van der Waals surface area contributed by atoms with Crippen LogP contribution in [-0.4, -0.2) is 72.9 Å². The molecule has 3 aromatic carbocycles. The summed E-state index contributed by atoms with van der Waals surface area (Å²) in [7, 11) is 0. The van der Waals surface area contributed by atoms with E-state index in [0.717, 1.165) is 118 Å². The second-order valence-electron chi connectivity index (χ2n) is 20.2. The highest BCUT2D eigenvalue weighted by Crippen LogP contribution is 2.32. The molecule has 12 heterocycles. The Kier molecular flexibility index (Phi) is 14.1. The Bertz CT molecular complexity index is 5190. The number of nitrogens with one attached hydrogen (secondary N) is 1. The smallest absolute Gasteiger partial charge is 0.251 e. The third-order valence-electron chi connectivity index (χ3n) is 15.0. The van der Waals surface area contributed by atoms with Gasteiger partial charge in [0.25, 0.3) is 11.1 Å². The van der Waals surface area contributed by atoms with E-state index in [0.29, 0.717) is 12.2 Å². The molecule has 0 amide bonds. The summed E-state index contributed by atoms with van der Waals surface area (Å²) in [5, 5.41) is 29.4. The van der Waals surface area contributed by atoms with Crippen LogP contribution in [0, 0.1) is 0 Å². The molecule has 0 saturated heterocycles. The number of fused-ring (bicyclic) bond motifs is 6. The van der Waals surface area contributed by atoms with E-state index >= 15 is 0 Å². The summed E-state index contributed by atoms with van der Waals surface area (Å²) >= 11 is 0. The molecule has 1 unspecified atom stereocenters. The monoisotopic (exact) mass is 1110 g/mol. The Morgan fingerprint density at radius 3 is 1.27 bits per heavy atom. The van der Waals surface area contributed by atoms with Crippen LogP contribution in [0.3, 0.4) is 0 Å². The van der Waals surface area contributed by atoms with Gasteiger partial charge in [0.05, 0.1) is 16.6 Å². The van der Waals surface area contributed by atoms with Gasteiger partial charge in [0.1, 0.15) is 0 Å². The number of aromatic nitrogens is 15. The topological polar surface area (TPSA) is 206 Å². The normalized spacial score (nSPS) is 11.6. The van der Waals surface area contributed by atoms with E-state index in [4.69, 9.17) is 0 Å². The number of pyridine rings is 9. The number of benzene rings is 3. The van der Waals surface area contributed by atoms with Crippen LogP contribution in [-0.2, 0) is 6.54 Å². The maximum atomic E-state index is 12.5. The minimum absolute atomic E-state index is 0.00661.